The van der Waals surface area contributed by atoms with Crippen LogP contribution in [0.5, 0.6) is 11.5 Å². The summed E-state index contributed by atoms with van der Waals surface area (Å²) in [5.41, 5.74) is 0.880. The average Bonchev–Trinajstić information content (AvgIpc) is 3.09. The Morgan fingerprint density at radius 3 is 2.77 bits per heavy atom. The standard InChI is InChI=1S/C20H19NO5/c1-3-24-15-11-7-10-14-16(15)25-12-20(19(22)23-2)17(14)21-26-18(20)13-8-5-4-6-9-13/h4-11,18H,3,12H2,1-2H3/t18-,20+/m0/s1. The van der Waals surface area contributed by atoms with Gasteiger partial charge in [0.05, 0.1) is 13.7 Å². The summed E-state index contributed by atoms with van der Waals surface area (Å²) in [6.45, 7) is 2.48. The lowest BCUT2D eigenvalue weighted by atomic mass is 9.72. The van der Waals surface area contributed by atoms with E-state index in [0.717, 1.165) is 5.56 Å². The number of hydrogen-bond donors (Lipinski definition) is 0. The highest BCUT2D eigenvalue weighted by molar-refractivity contribution is 6.19. The number of carbonyl (C=O) groups excluding carboxylic acids is 1. The molecule has 0 unspecified atom stereocenters. The van der Waals surface area contributed by atoms with E-state index in [1.165, 1.54) is 7.11 Å². The Kier molecular flexibility index (Phi) is 4.03. The number of para-hydroxylation sites is 1. The molecule has 0 amide bonds. The monoisotopic (exact) mass is 353 g/mol. The number of fused-ring (bicyclic) bond motifs is 3. The van der Waals surface area contributed by atoms with Crippen molar-refractivity contribution >= 4 is 11.7 Å². The van der Waals surface area contributed by atoms with Crippen molar-refractivity contribution < 1.29 is 23.8 Å². The summed E-state index contributed by atoms with van der Waals surface area (Å²) in [6.07, 6.45) is -0.616. The maximum Gasteiger partial charge on any atom is 0.325 e. The molecule has 26 heavy (non-hydrogen) atoms. The number of benzene rings is 2. The van der Waals surface area contributed by atoms with E-state index in [2.05, 4.69) is 5.16 Å². The zero-order valence-electron chi connectivity index (χ0n) is 14.6. The van der Waals surface area contributed by atoms with Gasteiger partial charge in [0.2, 0.25) is 0 Å². The van der Waals surface area contributed by atoms with Crippen LogP contribution in [0.2, 0.25) is 0 Å². The summed E-state index contributed by atoms with van der Waals surface area (Å²) < 4.78 is 16.8. The molecule has 0 fully saturated rings. The molecule has 0 spiro atoms. The molecule has 134 valence electrons. The van der Waals surface area contributed by atoms with Gasteiger partial charge in [-0.25, -0.2) is 0 Å². The van der Waals surface area contributed by atoms with Crippen LogP contribution in [0.1, 0.15) is 24.2 Å². The lowest BCUT2D eigenvalue weighted by molar-refractivity contribution is -0.156. The molecule has 0 radical (unpaired) electrons. The van der Waals surface area contributed by atoms with Gasteiger partial charge in [0.1, 0.15) is 12.3 Å². The summed E-state index contributed by atoms with van der Waals surface area (Å²) in [5, 5.41) is 4.28. The number of ether oxygens (including phenoxy) is 3. The highest BCUT2D eigenvalue weighted by Crippen LogP contribution is 2.51. The van der Waals surface area contributed by atoms with Gasteiger partial charge in [-0.05, 0) is 24.6 Å². The lowest BCUT2D eigenvalue weighted by Gasteiger charge is -2.35. The van der Waals surface area contributed by atoms with Crippen LogP contribution >= 0.6 is 0 Å². The van der Waals surface area contributed by atoms with Crippen LogP contribution in [-0.4, -0.2) is 32.0 Å². The Bertz CT molecular complexity index is 864. The quantitative estimate of drug-likeness (QED) is 0.790. The van der Waals surface area contributed by atoms with Crippen molar-refractivity contribution in [2.45, 2.75) is 13.0 Å². The molecule has 2 aliphatic rings. The van der Waals surface area contributed by atoms with Crippen LogP contribution < -0.4 is 9.47 Å². The van der Waals surface area contributed by atoms with Gasteiger partial charge in [-0.15, -0.1) is 0 Å². The maximum atomic E-state index is 12.9. The molecule has 2 atom stereocenters. The van der Waals surface area contributed by atoms with E-state index in [4.69, 9.17) is 19.0 Å². The van der Waals surface area contributed by atoms with Gasteiger partial charge in [-0.3, -0.25) is 4.79 Å². The maximum absolute atomic E-state index is 12.9. The van der Waals surface area contributed by atoms with Crippen LogP contribution in [0.25, 0.3) is 0 Å². The molecule has 2 aliphatic heterocycles. The number of esters is 1. The van der Waals surface area contributed by atoms with Gasteiger partial charge < -0.3 is 19.0 Å². The number of rotatable bonds is 4. The second kappa shape index (κ2) is 6.37. The Morgan fingerprint density at radius 1 is 1.23 bits per heavy atom. The topological polar surface area (TPSA) is 66.4 Å². The summed E-state index contributed by atoms with van der Waals surface area (Å²) in [6, 6.07) is 15.0. The van der Waals surface area contributed by atoms with Crippen molar-refractivity contribution in [1.29, 1.82) is 0 Å². The Labute approximate surface area is 151 Å². The molecular formula is C20H19NO5. The summed E-state index contributed by atoms with van der Waals surface area (Å²) in [5.74, 6) is 0.759. The Balaban J connectivity index is 1.85. The summed E-state index contributed by atoms with van der Waals surface area (Å²) in [7, 11) is 1.36. The Hall–Kier alpha value is -3.02. The minimum absolute atomic E-state index is 0.0646. The molecule has 2 aromatic carbocycles. The fourth-order valence-corrected chi connectivity index (χ4v) is 3.56. The molecule has 0 aliphatic carbocycles. The van der Waals surface area contributed by atoms with E-state index in [1.807, 2.05) is 55.5 Å². The molecule has 0 N–H and O–H groups in total. The third-order valence-electron chi connectivity index (χ3n) is 4.75. The van der Waals surface area contributed by atoms with E-state index in [-0.39, 0.29) is 6.61 Å². The molecule has 6 heteroatoms. The minimum atomic E-state index is -1.16. The molecule has 0 saturated heterocycles. The molecule has 4 rings (SSSR count). The summed E-state index contributed by atoms with van der Waals surface area (Å²) >= 11 is 0. The second-order valence-electron chi connectivity index (χ2n) is 6.15. The van der Waals surface area contributed by atoms with Gasteiger partial charge >= 0.3 is 5.97 Å². The first-order valence-corrected chi connectivity index (χ1v) is 8.49. The van der Waals surface area contributed by atoms with E-state index >= 15 is 0 Å². The van der Waals surface area contributed by atoms with Crippen molar-refractivity contribution in [3.8, 4) is 11.5 Å². The zero-order valence-corrected chi connectivity index (χ0v) is 14.6. The average molecular weight is 353 g/mol. The van der Waals surface area contributed by atoms with Crippen molar-refractivity contribution in [3.63, 3.8) is 0 Å². The molecule has 6 nitrogen and oxygen atoms in total. The van der Waals surface area contributed by atoms with Crippen LogP contribution in [0, 0.1) is 5.41 Å². The smallest absolute Gasteiger partial charge is 0.325 e. The van der Waals surface area contributed by atoms with E-state index in [0.29, 0.717) is 29.4 Å². The second-order valence-corrected chi connectivity index (χ2v) is 6.15. The van der Waals surface area contributed by atoms with Gasteiger partial charge in [0.15, 0.2) is 23.0 Å². The van der Waals surface area contributed by atoms with Crippen LogP contribution in [-0.2, 0) is 14.4 Å². The number of hydrogen-bond acceptors (Lipinski definition) is 6. The predicted octanol–water partition coefficient (Wildman–Crippen LogP) is 3.11. The molecule has 0 bridgehead atoms. The first-order valence-electron chi connectivity index (χ1n) is 8.49. The third kappa shape index (κ3) is 2.25. The van der Waals surface area contributed by atoms with Crippen molar-refractivity contribution in [1.82, 2.24) is 0 Å². The zero-order chi connectivity index (χ0) is 18.1. The van der Waals surface area contributed by atoms with Crippen LogP contribution in [0.3, 0.4) is 0 Å². The SMILES string of the molecule is CCOc1cccc2c1OC[C@@]1(C(=O)OC)C2=NO[C@H]1c1ccccc1. The fourth-order valence-electron chi connectivity index (χ4n) is 3.56. The number of carbonyl (C=O) groups is 1. The minimum Gasteiger partial charge on any atom is -0.490 e. The van der Waals surface area contributed by atoms with Crippen molar-refractivity contribution in [2.24, 2.45) is 10.6 Å². The van der Waals surface area contributed by atoms with Gasteiger partial charge in [0, 0.05) is 5.56 Å². The van der Waals surface area contributed by atoms with Crippen molar-refractivity contribution in [2.75, 3.05) is 20.3 Å². The van der Waals surface area contributed by atoms with E-state index in [1.54, 1.807) is 0 Å². The first kappa shape index (κ1) is 16.4. The molecule has 0 aromatic heterocycles. The van der Waals surface area contributed by atoms with E-state index < -0.39 is 17.5 Å². The molecular weight excluding hydrogens is 334 g/mol. The van der Waals surface area contributed by atoms with Crippen LogP contribution in [0.4, 0.5) is 0 Å². The molecule has 2 heterocycles. The number of nitrogens with zero attached hydrogens (tertiary/aromatic N) is 1. The predicted molar refractivity (Wildman–Crippen MR) is 94.4 cm³/mol. The molecule has 0 saturated carbocycles. The normalized spacial score (nSPS) is 23.0. The lowest BCUT2D eigenvalue weighted by Crippen LogP contribution is -2.50. The summed E-state index contributed by atoms with van der Waals surface area (Å²) in [4.78, 5) is 18.6. The highest BCUT2D eigenvalue weighted by atomic mass is 16.7. The number of oxime groups is 1. The largest absolute Gasteiger partial charge is 0.490 e. The third-order valence-corrected chi connectivity index (χ3v) is 4.75. The van der Waals surface area contributed by atoms with Gasteiger partial charge in [0.25, 0.3) is 0 Å². The van der Waals surface area contributed by atoms with Gasteiger partial charge in [-0.2, -0.15) is 0 Å². The molecule has 2 aromatic rings. The highest BCUT2D eigenvalue weighted by Gasteiger charge is 2.61. The van der Waals surface area contributed by atoms with Gasteiger partial charge in [-0.1, -0.05) is 41.6 Å². The first-order chi connectivity index (χ1) is 12.7. The Morgan fingerprint density at radius 2 is 2.04 bits per heavy atom. The fraction of sp³-hybridized carbons (Fsp3) is 0.300. The van der Waals surface area contributed by atoms with E-state index in [9.17, 15) is 4.79 Å². The number of methoxy groups -OCH3 is 1. The van der Waals surface area contributed by atoms with Crippen LogP contribution in [0.15, 0.2) is 53.7 Å². The van der Waals surface area contributed by atoms with Crippen molar-refractivity contribution in [3.05, 3.63) is 59.7 Å².